The van der Waals surface area contributed by atoms with Crippen LogP contribution in [0.15, 0.2) is 42.5 Å². The number of hydrogen-bond donors (Lipinski definition) is 0. The van der Waals surface area contributed by atoms with Crippen molar-refractivity contribution in [2.24, 2.45) is 0 Å². The number of aromatic nitrogens is 4. The van der Waals surface area contributed by atoms with Crippen LogP contribution in [0.2, 0.25) is 5.02 Å². The average molecular weight is 373 g/mol. The molecule has 0 saturated heterocycles. The van der Waals surface area contributed by atoms with Gasteiger partial charge < -0.3 is 9.47 Å². The van der Waals surface area contributed by atoms with E-state index in [4.69, 9.17) is 21.1 Å². The molecule has 2 heterocycles. The molecule has 2 aromatic carbocycles. The maximum absolute atomic E-state index is 5.95. The van der Waals surface area contributed by atoms with Gasteiger partial charge in [0, 0.05) is 22.2 Å². The molecule has 4 aromatic rings. The molecule has 8 heteroatoms. The minimum atomic E-state index is 0.670. The fourth-order valence-electron chi connectivity index (χ4n) is 2.44. The summed E-state index contributed by atoms with van der Waals surface area (Å²) in [5, 5.41) is 14.6. The van der Waals surface area contributed by atoms with Gasteiger partial charge in [-0.25, -0.2) is 0 Å². The summed E-state index contributed by atoms with van der Waals surface area (Å²) in [5.74, 6) is 2.08. The van der Waals surface area contributed by atoms with Crippen LogP contribution in [0, 0.1) is 0 Å². The number of rotatable bonds is 4. The lowest BCUT2D eigenvalue weighted by Crippen LogP contribution is -1.92. The number of halogens is 1. The molecule has 0 aliphatic carbocycles. The zero-order valence-corrected chi connectivity index (χ0v) is 15.0. The summed E-state index contributed by atoms with van der Waals surface area (Å²) in [6, 6.07) is 13.1. The summed E-state index contributed by atoms with van der Waals surface area (Å²) in [6.07, 6.45) is 0. The smallest absolute Gasteiger partial charge is 0.235 e. The maximum Gasteiger partial charge on any atom is 0.235 e. The van der Waals surface area contributed by atoms with Gasteiger partial charge in [0.15, 0.2) is 5.82 Å². The highest BCUT2D eigenvalue weighted by Gasteiger charge is 2.15. The van der Waals surface area contributed by atoms with Crippen LogP contribution >= 0.6 is 22.9 Å². The van der Waals surface area contributed by atoms with Gasteiger partial charge >= 0.3 is 0 Å². The summed E-state index contributed by atoms with van der Waals surface area (Å²) in [6.45, 7) is 0. The molecule has 126 valence electrons. The van der Waals surface area contributed by atoms with E-state index in [1.54, 1.807) is 18.7 Å². The Labute approximate surface area is 152 Å². The first-order valence-electron chi connectivity index (χ1n) is 7.39. The van der Waals surface area contributed by atoms with Gasteiger partial charge in [-0.2, -0.15) is 9.61 Å². The second-order valence-corrected chi connectivity index (χ2v) is 6.63. The van der Waals surface area contributed by atoms with E-state index in [0.717, 1.165) is 16.1 Å². The summed E-state index contributed by atoms with van der Waals surface area (Å²) in [5.41, 5.74) is 1.80. The van der Waals surface area contributed by atoms with Crippen molar-refractivity contribution in [3.05, 3.63) is 47.5 Å². The van der Waals surface area contributed by atoms with E-state index in [9.17, 15) is 0 Å². The van der Waals surface area contributed by atoms with Crippen molar-refractivity contribution < 1.29 is 9.47 Å². The van der Waals surface area contributed by atoms with Gasteiger partial charge in [-0.05, 0) is 36.4 Å². The first kappa shape index (κ1) is 15.9. The van der Waals surface area contributed by atoms with Crippen LogP contribution in [0.1, 0.15) is 0 Å². The number of methoxy groups -OCH3 is 2. The molecular weight excluding hydrogens is 360 g/mol. The molecule has 25 heavy (non-hydrogen) atoms. The third-order valence-electron chi connectivity index (χ3n) is 3.69. The molecular formula is C17H13ClN4O2S. The molecule has 0 amide bonds. The number of ether oxygens (including phenoxy) is 2. The molecule has 0 saturated carbocycles. The minimum absolute atomic E-state index is 0.670. The van der Waals surface area contributed by atoms with Crippen molar-refractivity contribution >= 4 is 27.9 Å². The lowest BCUT2D eigenvalue weighted by atomic mass is 10.2. The van der Waals surface area contributed by atoms with Gasteiger partial charge in [-0.15, -0.1) is 10.2 Å². The highest BCUT2D eigenvalue weighted by atomic mass is 35.5. The molecule has 0 bridgehead atoms. The Balaban J connectivity index is 1.81. The molecule has 0 radical (unpaired) electrons. The van der Waals surface area contributed by atoms with Gasteiger partial charge in [0.25, 0.3) is 0 Å². The largest absolute Gasteiger partial charge is 0.497 e. The van der Waals surface area contributed by atoms with Crippen molar-refractivity contribution in [2.75, 3.05) is 14.2 Å². The van der Waals surface area contributed by atoms with Gasteiger partial charge in [-0.1, -0.05) is 22.9 Å². The van der Waals surface area contributed by atoms with E-state index in [1.807, 2.05) is 42.5 Å². The summed E-state index contributed by atoms with van der Waals surface area (Å²) >= 11 is 7.40. The minimum Gasteiger partial charge on any atom is -0.497 e. The summed E-state index contributed by atoms with van der Waals surface area (Å²) < 4.78 is 12.4. The van der Waals surface area contributed by atoms with E-state index in [1.165, 1.54) is 11.3 Å². The predicted octanol–water partition coefficient (Wildman–Crippen LogP) is 4.19. The molecule has 0 aliphatic rings. The van der Waals surface area contributed by atoms with Crippen molar-refractivity contribution in [1.29, 1.82) is 0 Å². The molecule has 0 N–H and O–H groups in total. The second kappa shape index (κ2) is 6.34. The van der Waals surface area contributed by atoms with Gasteiger partial charge in [0.05, 0.1) is 14.2 Å². The topological polar surface area (TPSA) is 61.5 Å². The first-order chi connectivity index (χ1) is 12.2. The monoisotopic (exact) mass is 372 g/mol. The molecule has 0 spiro atoms. The van der Waals surface area contributed by atoms with Crippen LogP contribution in [0.25, 0.3) is 26.9 Å². The lowest BCUT2D eigenvalue weighted by molar-refractivity contribution is 0.394. The van der Waals surface area contributed by atoms with Crippen molar-refractivity contribution in [1.82, 2.24) is 19.8 Å². The van der Waals surface area contributed by atoms with Crippen LogP contribution in [-0.4, -0.2) is 34.0 Å². The lowest BCUT2D eigenvalue weighted by Gasteiger charge is -2.06. The fourth-order valence-corrected chi connectivity index (χ4v) is 3.40. The SMILES string of the molecule is COc1cc(OC)cc(-c2nn3c(-c4ccc(Cl)cc4)nnc3s2)c1. The predicted molar refractivity (Wildman–Crippen MR) is 97.6 cm³/mol. The molecule has 4 rings (SSSR count). The summed E-state index contributed by atoms with van der Waals surface area (Å²) in [7, 11) is 3.24. The van der Waals surface area contributed by atoms with E-state index >= 15 is 0 Å². The highest BCUT2D eigenvalue weighted by molar-refractivity contribution is 7.19. The molecule has 6 nitrogen and oxygen atoms in total. The average Bonchev–Trinajstić information content (AvgIpc) is 3.23. The van der Waals surface area contributed by atoms with Crippen molar-refractivity contribution in [3.8, 4) is 33.5 Å². The molecule has 0 unspecified atom stereocenters. The third kappa shape index (κ3) is 2.92. The van der Waals surface area contributed by atoms with Crippen LogP contribution in [0.5, 0.6) is 11.5 Å². The molecule has 0 aliphatic heterocycles. The standard InChI is InChI=1S/C17H13ClN4O2S/c1-23-13-7-11(8-14(9-13)24-2)16-21-22-15(19-20-17(22)25-16)10-3-5-12(18)6-4-10/h3-9H,1-2H3. The quantitative estimate of drug-likeness (QED) is 0.537. The second-order valence-electron chi connectivity index (χ2n) is 5.23. The van der Waals surface area contributed by atoms with Crippen molar-refractivity contribution in [3.63, 3.8) is 0 Å². The summed E-state index contributed by atoms with van der Waals surface area (Å²) in [4.78, 5) is 0.710. The fraction of sp³-hybridized carbons (Fsp3) is 0.118. The van der Waals surface area contributed by atoms with E-state index in [2.05, 4.69) is 15.3 Å². The Morgan fingerprint density at radius 3 is 2.24 bits per heavy atom. The molecule has 0 atom stereocenters. The van der Waals surface area contributed by atoms with E-state index < -0.39 is 0 Å². The zero-order chi connectivity index (χ0) is 17.4. The number of fused-ring (bicyclic) bond motifs is 1. The van der Waals surface area contributed by atoms with Gasteiger partial charge in [0.1, 0.15) is 16.5 Å². The van der Waals surface area contributed by atoms with E-state index in [-0.39, 0.29) is 0 Å². The van der Waals surface area contributed by atoms with Crippen LogP contribution in [0.4, 0.5) is 0 Å². The zero-order valence-electron chi connectivity index (χ0n) is 13.4. The Hall–Kier alpha value is -2.64. The highest BCUT2D eigenvalue weighted by Crippen LogP contribution is 2.33. The van der Waals surface area contributed by atoms with Crippen LogP contribution in [-0.2, 0) is 0 Å². The number of hydrogen-bond acceptors (Lipinski definition) is 6. The Bertz CT molecular complexity index is 1020. The van der Waals surface area contributed by atoms with Crippen LogP contribution < -0.4 is 9.47 Å². The normalized spacial score (nSPS) is 11.0. The Kier molecular flexibility index (Phi) is 4.03. The number of benzene rings is 2. The Morgan fingerprint density at radius 2 is 1.60 bits per heavy atom. The molecule has 2 aromatic heterocycles. The third-order valence-corrected chi connectivity index (χ3v) is 4.89. The number of nitrogens with zero attached hydrogens (tertiary/aromatic N) is 4. The maximum atomic E-state index is 5.95. The van der Waals surface area contributed by atoms with Gasteiger partial charge in [0.2, 0.25) is 4.96 Å². The van der Waals surface area contributed by atoms with E-state index in [0.29, 0.717) is 27.3 Å². The first-order valence-corrected chi connectivity index (χ1v) is 8.59. The Morgan fingerprint density at radius 1 is 0.920 bits per heavy atom. The van der Waals surface area contributed by atoms with Crippen LogP contribution in [0.3, 0.4) is 0 Å². The van der Waals surface area contributed by atoms with Gasteiger partial charge in [-0.3, -0.25) is 0 Å². The van der Waals surface area contributed by atoms with Crippen molar-refractivity contribution in [2.45, 2.75) is 0 Å². The molecule has 0 fully saturated rings.